The number of amides is 2. The number of benzene rings is 1. The van der Waals surface area contributed by atoms with Crippen LogP contribution in [0.1, 0.15) is 31.5 Å². The highest BCUT2D eigenvalue weighted by Crippen LogP contribution is 2.31. The van der Waals surface area contributed by atoms with Gasteiger partial charge in [0.15, 0.2) is 5.76 Å². The highest BCUT2D eigenvalue weighted by molar-refractivity contribution is 7.20. The summed E-state index contributed by atoms with van der Waals surface area (Å²) in [6, 6.07) is 13.5. The first-order valence-corrected chi connectivity index (χ1v) is 11.0. The van der Waals surface area contributed by atoms with E-state index in [-0.39, 0.29) is 11.8 Å². The van der Waals surface area contributed by atoms with Crippen LogP contribution in [-0.4, -0.2) is 57.6 Å². The predicted molar refractivity (Wildman–Crippen MR) is 119 cm³/mol. The van der Waals surface area contributed by atoms with Gasteiger partial charge in [0.2, 0.25) is 0 Å². The lowest BCUT2D eigenvalue weighted by Gasteiger charge is -2.34. The van der Waals surface area contributed by atoms with Gasteiger partial charge in [-0.15, -0.1) is 11.3 Å². The van der Waals surface area contributed by atoms with E-state index in [9.17, 15) is 9.59 Å². The molecular formula is C23H22N4O3S. The molecule has 1 fully saturated rings. The maximum absolute atomic E-state index is 13.2. The Morgan fingerprint density at radius 3 is 2.29 bits per heavy atom. The SMILES string of the molecule is Cc1ccc(-n2nc(C)c3cc(C(=O)N4CCN(C(=O)c5ccco5)CC4)sc32)cc1. The normalized spacial score (nSPS) is 14.4. The van der Waals surface area contributed by atoms with E-state index >= 15 is 0 Å². The maximum atomic E-state index is 13.2. The second kappa shape index (κ2) is 7.70. The highest BCUT2D eigenvalue weighted by atomic mass is 32.1. The Balaban J connectivity index is 1.34. The molecule has 8 heteroatoms. The fourth-order valence-corrected chi connectivity index (χ4v) is 4.99. The molecule has 3 aromatic heterocycles. The third-order valence-corrected chi connectivity index (χ3v) is 6.72. The Kier molecular flexibility index (Phi) is 4.86. The molecule has 4 aromatic rings. The quantitative estimate of drug-likeness (QED) is 0.490. The fraction of sp³-hybridized carbons (Fsp3) is 0.261. The van der Waals surface area contributed by atoms with Crippen LogP contribution in [0.25, 0.3) is 15.9 Å². The molecule has 7 nitrogen and oxygen atoms in total. The molecule has 158 valence electrons. The molecule has 0 bridgehead atoms. The molecule has 5 rings (SSSR count). The van der Waals surface area contributed by atoms with Gasteiger partial charge < -0.3 is 14.2 Å². The van der Waals surface area contributed by atoms with Crippen LogP contribution in [-0.2, 0) is 0 Å². The number of furan rings is 1. The molecule has 1 aliphatic heterocycles. The molecule has 0 spiro atoms. The fourth-order valence-electron chi connectivity index (χ4n) is 3.84. The van der Waals surface area contributed by atoms with Gasteiger partial charge in [-0.1, -0.05) is 17.7 Å². The molecule has 1 aromatic carbocycles. The van der Waals surface area contributed by atoms with Crippen molar-refractivity contribution in [3.8, 4) is 5.69 Å². The maximum Gasteiger partial charge on any atom is 0.289 e. The summed E-state index contributed by atoms with van der Waals surface area (Å²) in [7, 11) is 0. The van der Waals surface area contributed by atoms with E-state index in [4.69, 9.17) is 4.42 Å². The molecule has 0 atom stereocenters. The van der Waals surface area contributed by atoms with Gasteiger partial charge in [0.05, 0.1) is 22.5 Å². The molecule has 0 radical (unpaired) electrons. The van der Waals surface area contributed by atoms with Gasteiger partial charge in [0, 0.05) is 31.6 Å². The van der Waals surface area contributed by atoms with Crippen LogP contribution in [0, 0.1) is 13.8 Å². The number of piperazine rings is 1. The summed E-state index contributed by atoms with van der Waals surface area (Å²) in [6.45, 7) is 6.01. The van der Waals surface area contributed by atoms with Crippen LogP contribution in [0.4, 0.5) is 0 Å². The summed E-state index contributed by atoms with van der Waals surface area (Å²) >= 11 is 1.46. The second-order valence-electron chi connectivity index (χ2n) is 7.72. The molecule has 4 heterocycles. The number of aryl methyl sites for hydroxylation is 2. The zero-order chi connectivity index (χ0) is 21.5. The summed E-state index contributed by atoms with van der Waals surface area (Å²) in [5.74, 6) is 0.203. The van der Waals surface area contributed by atoms with E-state index in [1.54, 1.807) is 17.0 Å². The Morgan fingerprint density at radius 1 is 0.968 bits per heavy atom. The minimum atomic E-state index is -0.132. The largest absolute Gasteiger partial charge is 0.459 e. The van der Waals surface area contributed by atoms with E-state index in [1.165, 1.54) is 23.2 Å². The number of aromatic nitrogens is 2. The topological polar surface area (TPSA) is 71.6 Å². The summed E-state index contributed by atoms with van der Waals surface area (Å²) in [4.78, 5) is 30.8. The van der Waals surface area contributed by atoms with E-state index in [2.05, 4.69) is 24.2 Å². The lowest BCUT2D eigenvalue weighted by Crippen LogP contribution is -2.50. The monoisotopic (exact) mass is 434 g/mol. The minimum absolute atomic E-state index is 0.00107. The number of carbonyl (C=O) groups excluding carboxylic acids is 2. The van der Waals surface area contributed by atoms with E-state index < -0.39 is 0 Å². The van der Waals surface area contributed by atoms with Crippen molar-refractivity contribution in [2.75, 3.05) is 26.2 Å². The van der Waals surface area contributed by atoms with E-state index in [0.717, 1.165) is 21.6 Å². The molecule has 2 amide bonds. The van der Waals surface area contributed by atoms with Gasteiger partial charge >= 0.3 is 0 Å². The van der Waals surface area contributed by atoms with E-state index in [0.29, 0.717) is 36.8 Å². The van der Waals surface area contributed by atoms with Crippen LogP contribution < -0.4 is 0 Å². The van der Waals surface area contributed by atoms with Crippen molar-refractivity contribution in [3.05, 3.63) is 70.6 Å². The van der Waals surface area contributed by atoms with Gasteiger partial charge in [0.1, 0.15) is 4.83 Å². The summed E-state index contributed by atoms with van der Waals surface area (Å²) < 4.78 is 7.11. The second-order valence-corrected chi connectivity index (χ2v) is 8.75. The Bertz CT molecular complexity index is 1250. The average Bonchev–Trinajstić information content (AvgIpc) is 3.52. The van der Waals surface area contributed by atoms with Gasteiger partial charge in [-0.2, -0.15) is 5.10 Å². The molecule has 1 aliphatic rings. The highest BCUT2D eigenvalue weighted by Gasteiger charge is 2.28. The third kappa shape index (κ3) is 3.53. The van der Waals surface area contributed by atoms with E-state index in [1.807, 2.05) is 34.7 Å². The van der Waals surface area contributed by atoms with Crippen LogP contribution in [0.2, 0.25) is 0 Å². The van der Waals surface area contributed by atoms with Gasteiger partial charge in [-0.05, 0) is 44.2 Å². The molecule has 0 N–H and O–H groups in total. The van der Waals surface area contributed by atoms with Gasteiger partial charge in [-0.25, -0.2) is 4.68 Å². The van der Waals surface area contributed by atoms with Gasteiger partial charge in [-0.3, -0.25) is 9.59 Å². The number of thiophene rings is 1. The number of hydrogen-bond acceptors (Lipinski definition) is 5. The zero-order valence-corrected chi connectivity index (χ0v) is 18.2. The van der Waals surface area contributed by atoms with Crippen LogP contribution in [0.3, 0.4) is 0 Å². The Labute approximate surface area is 183 Å². The molecule has 1 saturated heterocycles. The van der Waals surface area contributed by atoms with Gasteiger partial charge in [0.25, 0.3) is 11.8 Å². The van der Waals surface area contributed by atoms with Crippen LogP contribution in [0.5, 0.6) is 0 Å². The smallest absolute Gasteiger partial charge is 0.289 e. The standard InChI is InChI=1S/C23H22N4O3S/c1-15-5-7-17(8-6-15)27-23-18(16(2)24-27)14-20(31-23)22(29)26-11-9-25(10-12-26)21(28)19-4-3-13-30-19/h3-8,13-14H,9-12H2,1-2H3. The first-order chi connectivity index (χ1) is 15.0. The number of rotatable bonds is 3. The Morgan fingerprint density at radius 2 is 1.65 bits per heavy atom. The summed E-state index contributed by atoms with van der Waals surface area (Å²) in [5, 5.41) is 5.67. The van der Waals surface area contributed by atoms with Crippen molar-refractivity contribution in [1.82, 2.24) is 19.6 Å². The van der Waals surface area contributed by atoms with Crippen molar-refractivity contribution in [2.45, 2.75) is 13.8 Å². The average molecular weight is 435 g/mol. The predicted octanol–water partition coefficient (Wildman–Crippen LogP) is 3.90. The van der Waals surface area contributed by atoms with Crippen molar-refractivity contribution >= 4 is 33.4 Å². The number of nitrogens with zero attached hydrogens (tertiary/aromatic N) is 4. The first-order valence-electron chi connectivity index (χ1n) is 10.2. The molecule has 0 saturated carbocycles. The van der Waals surface area contributed by atoms with Crippen LogP contribution >= 0.6 is 11.3 Å². The molecule has 0 aliphatic carbocycles. The van der Waals surface area contributed by atoms with Crippen molar-refractivity contribution < 1.29 is 14.0 Å². The lowest BCUT2D eigenvalue weighted by atomic mass is 10.2. The summed E-state index contributed by atoms with van der Waals surface area (Å²) in [5.41, 5.74) is 3.07. The molecular weight excluding hydrogens is 412 g/mol. The number of hydrogen-bond donors (Lipinski definition) is 0. The summed E-state index contributed by atoms with van der Waals surface area (Å²) in [6.07, 6.45) is 1.49. The third-order valence-electron chi connectivity index (χ3n) is 5.62. The number of carbonyl (C=O) groups is 2. The molecule has 0 unspecified atom stereocenters. The van der Waals surface area contributed by atoms with Crippen molar-refractivity contribution in [2.24, 2.45) is 0 Å². The minimum Gasteiger partial charge on any atom is -0.459 e. The number of fused-ring (bicyclic) bond motifs is 1. The van der Waals surface area contributed by atoms with Crippen LogP contribution in [0.15, 0.2) is 53.1 Å². The lowest BCUT2D eigenvalue weighted by molar-refractivity contribution is 0.0520. The zero-order valence-electron chi connectivity index (χ0n) is 17.4. The Hall–Kier alpha value is -3.39. The molecule has 31 heavy (non-hydrogen) atoms. The first kappa shape index (κ1) is 19.6. The van der Waals surface area contributed by atoms with Crippen molar-refractivity contribution in [1.29, 1.82) is 0 Å². The van der Waals surface area contributed by atoms with Crippen molar-refractivity contribution in [3.63, 3.8) is 0 Å².